The van der Waals surface area contributed by atoms with Gasteiger partial charge < -0.3 is 9.73 Å². The third kappa shape index (κ3) is 4.30. The fourth-order valence-corrected chi connectivity index (χ4v) is 3.57. The summed E-state index contributed by atoms with van der Waals surface area (Å²) in [6, 6.07) is 11.4. The molecule has 2 N–H and O–H groups in total. The number of fused-ring (bicyclic) bond motifs is 1. The zero-order valence-electron chi connectivity index (χ0n) is 17.1. The summed E-state index contributed by atoms with van der Waals surface area (Å²) in [7, 11) is 0. The van der Waals surface area contributed by atoms with Gasteiger partial charge in [-0.1, -0.05) is 6.07 Å². The van der Waals surface area contributed by atoms with Crippen molar-refractivity contribution in [3.8, 4) is 0 Å². The number of hydrogen-bond donors (Lipinski definition) is 2. The van der Waals surface area contributed by atoms with E-state index in [9.17, 15) is 14.9 Å². The van der Waals surface area contributed by atoms with Gasteiger partial charge in [-0.15, -0.1) is 0 Å². The van der Waals surface area contributed by atoms with Crippen molar-refractivity contribution in [3.05, 3.63) is 80.9 Å². The molecule has 31 heavy (non-hydrogen) atoms. The second-order valence-electron chi connectivity index (χ2n) is 7.30. The van der Waals surface area contributed by atoms with E-state index in [-0.39, 0.29) is 17.4 Å². The number of nitro benzene ring substituents is 1. The maximum absolute atomic E-state index is 12.8. The number of hydrogen-bond acceptors (Lipinski definition) is 7. The van der Waals surface area contributed by atoms with Gasteiger partial charge in [0, 0.05) is 35.4 Å². The lowest BCUT2D eigenvalue weighted by Crippen LogP contribution is -2.15. The summed E-state index contributed by atoms with van der Waals surface area (Å²) in [6.45, 7) is 3.70. The highest BCUT2D eigenvalue weighted by atomic mass is 16.6. The zero-order valence-corrected chi connectivity index (χ0v) is 17.1. The number of benzene rings is 1. The van der Waals surface area contributed by atoms with Crippen LogP contribution in [-0.2, 0) is 6.42 Å². The Kier molecular flexibility index (Phi) is 5.48. The monoisotopic (exact) mass is 419 g/mol. The lowest BCUT2D eigenvalue weighted by molar-refractivity contribution is -0.384. The topological polar surface area (TPSA) is 123 Å². The Morgan fingerprint density at radius 2 is 1.94 bits per heavy atom. The van der Waals surface area contributed by atoms with Crippen LogP contribution in [0.3, 0.4) is 0 Å². The van der Waals surface area contributed by atoms with Crippen molar-refractivity contribution in [3.63, 3.8) is 0 Å². The van der Waals surface area contributed by atoms with Crippen LogP contribution in [0.5, 0.6) is 0 Å². The quantitative estimate of drug-likeness (QED) is 0.460. The summed E-state index contributed by atoms with van der Waals surface area (Å²) in [5, 5.41) is 18.1. The molecule has 9 nitrogen and oxygen atoms in total. The van der Waals surface area contributed by atoms with Gasteiger partial charge in [0.2, 0.25) is 0 Å². The smallest absolute Gasteiger partial charge is 0.292 e. The number of non-ortho nitro benzene ring substituents is 1. The number of nitro groups is 1. The van der Waals surface area contributed by atoms with Crippen LogP contribution < -0.4 is 10.7 Å². The summed E-state index contributed by atoms with van der Waals surface area (Å²) >= 11 is 0. The van der Waals surface area contributed by atoms with Gasteiger partial charge in [-0.3, -0.25) is 20.3 Å². The molecule has 158 valence electrons. The number of pyridine rings is 1. The molecule has 0 atom stereocenters. The first-order chi connectivity index (χ1) is 14.9. The number of nitrogens with zero attached hydrogens (tertiary/aromatic N) is 3. The molecule has 3 aromatic rings. The molecule has 1 aliphatic carbocycles. The van der Waals surface area contributed by atoms with Crippen molar-refractivity contribution in [2.45, 2.75) is 33.1 Å². The van der Waals surface area contributed by atoms with E-state index in [1.165, 1.54) is 12.1 Å². The molecule has 2 heterocycles. The second kappa shape index (κ2) is 8.39. The van der Waals surface area contributed by atoms with E-state index in [0.29, 0.717) is 11.5 Å². The minimum absolute atomic E-state index is 0.0163. The first kappa shape index (κ1) is 20.3. The molecular weight excluding hydrogens is 398 g/mol. The molecule has 0 bridgehead atoms. The molecule has 0 aliphatic heterocycles. The van der Waals surface area contributed by atoms with Crippen LogP contribution in [0.2, 0.25) is 0 Å². The normalized spacial score (nSPS) is 14.2. The van der Waals surface area contributed by atoms with E-state index in [2.05, 4.69) is 20.8 Å². The van der Waals surface area contributed by atoms with Crippen LogP contribution in [0.15, 0.2) is 52.0 Å². The van der Waals surface area contributed by atoms with Gasteiger partial charge in [0.1, 0.15) is 11.6 Å². The van der Waals surface area contributed by atoms with Crippen molar-refractivity contribution in [2.75, 3.05) is 10.7 Å². The number of carbonyl (C=O) groups is 1. The Morgan fingerprint density at radius 1 is 1.16 bits per heavy atom. The number of amides is 1. The molecule has 0 unspecified atom stereocenters. The number of nitrogens with one attached hydrogen (secondary N) is 2. The molecule has 2 aromatic heterocycles. The minimum atomic E-state index is -0.448. The van der Waals surface area contributed by atoms with Crippen molar-refractivity contribution in [2.24, 2.45) is 5.10 Å². The lowest BCUT2D eigenvalue weighted by Gasteiger charge is -2.13. The molecule has 9 heteroatoms. The molecule has 1 aliphatic rings. The molecular formula is C22H21N5O4. The third-order valence-corrected chi connectivity index (χ3v) is 5.06. The lowest BCUT2D eigenvalue weighted by atomic mass is 9.93. The summed E-state index contributed by atoms with van der Waals surface area (Å²) in [6.07, 6.45) is 2.30. The molecule has 1 amide bonds. The molecule has 0 radical (unpaired) electrons. The van der Waals surface area contributed by atoms with E-state index in [1.54, 1.807) is 18.2 Å². The largest absolute Gasteiger partial charge is 0.455 e. The average Bonchev–Trinajstić information content (AvgIpc) is 3.10. The van der Waals surface area contributed by atoms with Gasteiger partial charge in [0.05, 0.1) is 16.3 Å². The van der Waals surface area contributed by atoms with Crippen molar-refractivity contribution < 1.29 is 14.1 Å². The van der Waals surface area contributed by atoms with Crippen LogP contribution in [0, 0.1) is 24.0 Å². The predicted molar refractivity (Wildman–Crippen MR) is 117 cm³/mol. The number of carbonyl (C=O) groups excluding carboxylic acids is 1. The Balaban J connectivity index is 1.57. The Morgan fingerprint density at radius 3 is 2.65 bits per heavy atom. The molecule has 0 saturated heterocycles. The van der Waals surface area contributed by atoms with E-state index < -0.39 is 4.92 Å². The van der Waals surface area contributed by atoms with Crippen LogP contribution in [0.4, 0.5) is 17.2 Å². The standard InChI is InChI=1S/C22H21N5O4/c1-13-5-3-8-19(23-13)24-22(28)21-14(2)20-17(6-4-7-18(20)31-21)26-25-15-9-11-16(12-10-15)27(29)30/h3,5,8-12,25H,4,6-7H2,1-2H3,(H,23,24,28)/b26-17+. The summed E-state index contributed by atoms with van der Waals surface area (Å²) in [5.41, 5.74) is 6.75. The van der Waals surface area contributed by atoms with Gasteiger partial charge >= 0.3 is 0 Å². The number of anilines is 2. The van der Waals surface area contributed by atoms with Gasteiger partial charge in [-0.05, 0) is 51.0 Å². The third-order valence-electron chi connectivity index (χ3n) is 5.06. The van der Waals surface area contributed by atoms with Crippen molar-refractivity contribution >= 4 is 28.8 Å². The van der Waals surface area contributed by atoms with E-state index >= 15 is 0 Å². The zero-order chi connectivity index (χ0) is 22.0. The first-order valence-corrected chi connectivity index (χ1v) is 9.87. The maximum Gasteiger partial charge on any atom is 0.292 e. The molecule has 0 spiro atoms. The highest BCUT2D eigenvalue weighted by molar-refractivity contribution is 6.09. The van der Waals surface area contributed by atoms with Crippen LogP contribution in [-0.4, -0.2) is 21.5 Å². The molecule has 0 fully saturated rings. The fourth-order valence-electron chi connectivity index (χ4n) is 3.57. The second-order valence-corrected chi connectivity index (χ2v) is 7.30. The van der Waals surface area contributed by atoms with Crippen LogP contribution in [0.1, 0.15) is 46.0 Å². The molecule has 0 saturated carbocycles. The minimum Gasteiger partial charge on any atom is -0.455 e. The number of aromatic nitrogens is 1. The summed E-state index contributed by atoms with van der Waals surface area (Å²) < 4.78 is 5.90. The van der Waals surface area contributed by atoms with Crippen LogP contribution >= 0.6 is 0 Å². The van der Waals surface area contributed by atoms with E-state index in [0.717, 1.165) is 47.6 Å². The molecule has 4 rings (SSSR count). The Labute approximate surface area is 178 Å². The highest BCUT2D eigenvalue weighted by Crippen LogP contribution is 2.30. The molecule has 1 aromatic carbocycles. The summed E-state index contributed by atoms with van der Waals surface area (Å²) in [5.74, 6) is 1.09. The predicted octanol–water partition coefficient (Wildman–Crippen LogP) is 4.60. The Bertz CT molecular complexity index is 1180. The number of rotatable bonds is 5. The number of aryl methyl sites for hydroxylation is 2. The van der Waals surface area contributed by atoms with Crippen molar-refractivity contribution in [1.29, 1.82) is 0 Å². The van der Waals surface area contributed by atoms with Gasteiger partial charge in [-0.25, -0.2) is 4.98 Å². The van der Waals surface area contributed by atoms with Gasteiger partial charge in [-0.2, -0.15) is 5.10 Å². The summed E-state index contributed by atoms with van der Waals surface area (Å²) in [4.78, 5) is 27.4. The first-order valence-electron chi connectivity index (χ1n) is 9.87. The van der Waals surface area contributed by atoms with Crippen LogP contribution in [0.25, 0.3) is 0 Å². The van der Waals surface area contributed by atoms with E-state index in [1.807, 2.05) is 26.0 Å². The van der Waals surface area contributed by atoms with Gasteiger partial charge in [0.25, 0.3) is 11.6 Å². The average molecular weight is 419 g/mol. The van der Waals surface area contributed by atoms with E-state index in [4.69, 9.17) is 4.42 Å². The SMILES string of the molecule is Cc1cccc(NC(=O)c2oc3c(c2C)/C(=N/Nc2ccc([N+](=O)[O-])cc2)CCC3)n1. The Hall–Kier alpha value is -4.01. The number of hydrazone groups is 1. The maximum atomic E-state index is 12.8. The highest BCUT2D eigenvalue weighted by Gasteiger charge is 2.28. The number of furan rings is 1. The van der Waals surface area contributed by atoms with Gasteiger partial charge in [0.15, 0.2) is 5.76 Å². The fraction of sp³-hybridized carbons (Fsp3) is 0.227. The van der Waals surface area contributed by atoms with Crippen molar-refractivity contribution in [1.82, 2.24) is 4.98 Å².